The summed E-state index contributed by atoms with van der Waals surface area (Å²) in [6.07, 6.45) is 6.78. The maximum atomic E-state index is 13.1. The van der Waals surface area contributed by atoms with Gasteiger partial charge in [0.1, 0.15) is 5.75 Å². The molecule has 3 aromatic rings. The third kappa shape index (κ3) is 4.44. The van der Waals surface area contributed by atoms with E-state index in [1.807, 2.05) is 45.9 Å². The first-order chi connectivity index (χ1) is 15.1. The number of benzene rings is 1. The van der Waals surface area contributed by atoms with Crippen molar-refractivity contribution in [2.24, 2.45) is 0 Å². The van der Waals surface area contributed by atoms with E-state index in [0.29, 0.717) is 22.5 Å². The van der Waals surface area contributed by atoms with Crippen molar-refractivity contribution < 1.29 is 9.53 Å². The number of ether oxygens (including phenoxy) is 1. The van der Waals surface area contributed by atoms with Crippen molar-refractivity contribution in [3.05, 3.63) is 48.8 Å². The molecule has 162 valence electrons. The number of amides is 1. The van der Waals surface area contributed by atoms with E-state index in [9.17, 15) is 4.79 Å². The van der Waals surface area contributed by atoms with Crippen molar-refractivity contribution in [1.82, 2.24) is 24.6 Å². The second-order valence-corrected chi connectivity index (χ2v) is 8.72. The Kier molecular flexibility index (Phi) is 6.56. The lowest BCUT2D eigenvalue weighted by Gasteiger charge is -2.39. The van der Waals surface area contributed by atoms with E-state index in [1.165, 1.54) is 18.2 Å². The summed E-state index contributed by atoms with van der Waals surface area (Å²) >= 11 is 1.40. The predicted octanol–water partition coefficient (Wildman–Crippen LogP) is 4.22. The molecule has 0 saturated carbocycles. The van der Waals surface area contributed by atoms with Gasteiger partial charge in [0.05, 0.1) is 18.6 Å². The molecule has 1 aliphatic heterocycles. The van der Waals surface area contributed by atoms with Gasteiger partial charge >= 0.3 is 0 Å². The molecule has 1 fully saturated rings. The van der Waals surface area contributed by atoms with Crippen LogP contribution in [0, 0.1) is 0 Å². The molecule has 1 aromatic carbocycles. The minimum Gasteiger partial charge on any atom is -0.495 e. The van der Waals surface area contributed by atoms with Crippen molar-refractivity contribution >= 4 is 17.7 Å². The van der Waals surface area contributed by atoms with Crippen LogP contribution in [0.2, 0.25) is 0 Å². The maximum absolute atomic E-state index is 13.1. The molecule has 2 aromatic heterocycles. The quantitative estimate of drug-likeness (QED) is 0.538. The first kappa shape index (κ1) is 21.4. The van der Waals surface area contributed by atoms with Gasteiger partial charge < -0.3 is 9.64 Å². The standard InChI is InChI=1S/C23H27N5O2S/c1-16-8-6-9-17(2)27(16)21(29)15-31-23-26-25-22(18-10-7-13-24-14-18)28(23)19-11-4-5-12-20(19)30-3/h4-5,7,10-14,16-17H,6,8-9,15H2,1-3H3. The molecule has 2 atom stereocenters. The Morgan fingerprint density at radius 3 is 2.61 bits per heavy atom. The van der Waals surface area contributed by atoms with Gasteiger partial charge in [-0.25, -0.2) is 0 Å². The second-order valence-electron chi connectivity index (χ2n) is 7.77. The zero-order valence-corrected chi connectivity index (χ0v) is 18.9. The Hall–Kier alpha value is -2.87. The Balaban J connectivity index is 1.67. The van der Waals surface area contributed by atoms with Crippen LogP contribution in [0.5, 0.6) is 5.75 Å². The van der Waals surface area contributed by atoms with Crippen LogP contribution < -0.4 is 4.74 Å². The number of para-hydroxylation sites is 2. The van der Waals surface area contributed by atoms with Gasteiger partial charge in [0, 0.05) is 30.0 Å². The van der Waals surface area contributed by atoms with Gasteiger partial charge in [-0.3, -0.25) is 14.3 Å². The summed E-state index contributed by atoms with van der Waals surface area (Å²) in [4.78, 5) is 19.3. The Labute approximate surface area is 186 Å². The normalized spacial score (nSPS) is 18.7. The molecular weight excluding hydrogens is 410 g/mol. The van der Waals surface area contributed by atoms with E-state index in [1.54, 1.807) is 19.5 Å². The molecule has 3 heterocycles. The van der Waals surface area contributed by atoms with Gasteiger partial charge in [0.25, 0.3) is 0 Å². The van der Waals surface area contributed by atoms with Gasteiger partial charge in [0.2, 0.25) is 5.91 Å². The summed E-state index contributed by atoms with van der Waals surface area (Å²) in [7, 11) is 1.64. The van der Waals surface area contributed by atoms with Crippen molar-refractivity contribution in [2.75, 3.05) is 12.9 Å². The van der Waals surface area contributed by atoms with Crippen LogP contribution in [0.1, 0.15) is 33.1 Å². The molecule has 1 saturated heterocycles. The number of rotatable bonds is 6. The van der Waals surface area contributed by atoms with Gasteiger partial charge in [-0.2, -0.15) is 0 Å². The van der Waals surface area contributed by atoms with E-state index in [0.717, 1.165) is 24.1 Å². The fourth-order valence-electron chi connectivity index (χ4n) is 4.19. The van der Waals surface area contributed by atoms with Crippen molar-refractivity contribution in [1.29, 1.82) is 0 Å². The number of hydrogen-bond donors (Lipinski definition) is 0. The van der Waals surface area contributed by atoms with Crippen molar-refractivity contribution in [2.45, 2.75) is 50.4 Å². The first-order valence-electron chi connectivity index (χ1n) is 10.5. The molecule has 2 unspecified atom stereocenters. The van der Waals surface area contributed by atoms with Crippen LogP contribution in [0.3, 0.4) is 0 Å². The number of thioether (sulfide) groups is 1. The second kappa shape index (κ2) is 9.51. The van der Waals surface area contributed by atoms with Crippen LogP contribution >= 0.6 is 11.8 Å². The molecule has 0 aliphatic carbocycles. The molecule has 4 rings (SSSR count). The van der Waals surface area contributed by atoms with E-state index < -0.39 is 0 Å². The average Bonchev–Trinajstić information content (AvgIpc) is 3.22. The third-order valence-electron chi connectivity index (χ3n) is 5.69. The van der Waals surface area contributed by atoms with E-state index in [-0.39, 0.29) is 18.0 Å². The lowest BCUT2D eigenvalue weighted by atomic mass is 9.98. The Bertz CT molecular complexity index is 1030. The first-order valence-corrected chi connectivity index (χ1v) is 11.5. The highest BCUT2D eigenvalue weighted by molar-refractivity contribution is 7.99. The lowest BCUT2D eigenvalue weighted by molar-refractivity contribution is -0.134. The summed E-state index contributed by atoms with van der Waals surface area (Å²) in [5.74, 6) is 1.82. The van der Waals surface area contributed by atoms with E-state index in [4.69, 9.17) is 4.74 Å². The molecule has 0 spiro atoms. The fraction of sp³-hybridized carbons (Fsp3) is 0.391. The predicted molar refractivity (Wildman–Crippen MR) is 121 cm³/mol. The summed E-state index contributed by atoms with van der Waals surface area (Å²) in [6, 6.07) is 12.1. The highest BCUT2D eigenvalue weighted by atomic mass is 32.2. The minimum atomic E-state index is 0.141. The highest BCUT2D eigenvalue weighted by Crippen LogP contribution is 2.33. The number of nitrogens with zero attached hydrogens (tertiary/aromatic N) is 5. The maximum Gasteiger partial charge on any atom is 0.233 e. The topological polar surface area (TPSA) is 73.1 Å². The minimum absolute atomic E-state index is 0.141. The van der Waals surface area contributed by atoms with Crippen LogP contribution in [-0.2, 0) is 4.79 Å². The molecule has 0 radical (unpaired) electrons. The number of carbonyl (C=O) groups excluding carboxylic acids is 1. The molecule has 8 heteroatoms. The number of likely N-dealkylation sites (tertiary alicyclic amines) is 1. The number of pyridine rings is 1. The number of piperidine rings is 1. The largest absolute Gasteiger partial charge is 0.495 e. The van der Waals surface area contributed by atoms with Gasteiger partial charge in [-0.15, -0.1) is 10.2 Å². The summed E-state index contributed by atoms with van der Waals surface area (Å²) < 4.78 is 7.53. The Morgan fingerprint density at radius 1 is 1.13 bits per heavy atom. The SMILES string of the molecule is COc1ccccc1-n1c(SCC(=O)N2C(C)CCCC2C)nnc1-c1cccnc1. The zero-order valence-electron chi connectivity index (χ0n) is 18.1. The molecule has 7 nitrogen and oxygen atoms in total. The van der Waals surface area contributed by atoms with Crippen LogP contribution in [0.15, 0.2) is 53.9 Å². The highest BCUT2D eigenvalue weighted by Gasteiger charge is 2.29. The fourth-order valence-corrected chi connectivity index (χ4v) is 5.00. The zero-order chi connectivity index (χ0) is 21.8. The third-order valence-corrected chi connectivity index (χ3v) is 6.60. The molecular formula is C23H27N5O2S. The molecule has 0 N–H and O–H groups in total. The van der Waals surface area contributed by atoms with E-state index in [2.05, 4.69) is 29.0 Å². The van der Waals surface area contributed by atoms with Crippen molar-refractivity contribution in [3.8, 4) is 22.8 Å². The molecule has 31 heavy (non-hydrogen) atoms. The molecule has 1 aliphatic rings. The number of hydrogen-bond acceptors (Lipinski definition) is 6. The number of carbonyl (C=O) groups is 1. The monoisotopic (exact) mass is 437 g/mol. The van der Waals surface area contributed by atoms with Crippen LogP contribution in [-0.4, -0.2) is 55.5 Å². The van der Waals surface area contributed by atoms with Crippen LogP contribution in [0.4, 0.5) is 0 Å². The van der Waals surface area contributed by atoms with Gasteiger partial charge in [-0.1, -0.05) is 23.9 Å². The number of methoxy groups -OCH3 is 1. The van der Waals surface area contributed by atoms with Crippen LogP contribution in [0.25, 0.3) is 17.1 Å². The molecule has 0 bridgehead atoms. The number of aromatic nitrogens is 4. The summed E-state index contributed by atoms with van der Waals surface area (Å²) in [5.41, 5.74) is 1.67. The van der Waals surface area contributed by atoms with Crippen molar-refractivity contribution in [3.63, 3.8) is 0 Å². The summed E-state index contributed by atoms with van der Waals surface area (Å²) in [5, 5.41) is 9.50. The average molecular weight is 438 g/mol. The lowest BCUT2D eigenvalue weighted by Crippen LogP contribution is -2.48. The van der Waals surface area contributed by atoms with Gasteiger partial charge in [-0.05, 0) is 57.4 Å². The summed E-state index contributed by atoms with van der Waals surface area (Å²) in [6.45, 7) is 4.27. The molecule has 1 amide bonds. The van der Waals surface area contributed by atoms with E-state index >= 15 is 0 Å². The Morgan fingerprint density at radius 2 is 1.90 bits per heavy atom. The smallest absolute Gasteiger partial charge is 0.233 e. The van der Waals surface area contributed by atoms with Gasteiger partial charge in [0.15, 0.2) is 11.0 Å².